The second kappa shape index (κ2) is 7.91. The number of carbonyl (C=O) groups excluding carboxylic acids is 2. The predicted molar refractivity (Wildman–Crippen MR) is 110 cm³/mol. The maximum atomic E-state index is 13.0. The van der Waals surface area contributed by atoms with Gasteiger partial charge in [0.2, 0.25) is 0 Å². The smallest absolute Gasteiger partial charge is 0.312 e. The number of methoxy groups -OCH3 is 2. The maximum absolute atomic E-state index is 13.0. The summed E-state index contributed by atoms with van der Waals surface area (Å²) in [7, 11) is 3.07. The van der Waals surface area contributed by atoms with Gasteiger partial charge in [-0.15, -0.1) is 0 Å². The van der Waals surface area contributed by atoms with Gasteiger partial charge in [0.05, 0.1) is 26.2 Å². The van der Waals surface area contributed by atoms with E-state index in [1.807, 2.05) is 6.07 Å². The Morgan fingerprint density at radius 3 is 2.50 bits per heavy atom. The molecule has 30 heavy (non-hydrogen) atoms. The van der Waals surface area contributed by atoms with Gasteiger partial charge < -0.3 is 19.3 Å². The Bertz CT molecular complexity index is 1120. The molecule has 0 spiro atoms. The Hall–Kier alpha value is -3.80. The number of esters is 1. The highest BCUT2D eigenvalue weighted by atomic mass is 16.5. The van der Waals surface area contributed by atoms with E-state index >= 15 is 0 Å². The molecule has 6 heteroatoms. The van der Waals surface area contributed by atoms with Crippen molar-refractivity contribution in [2.75, 3.05) is 14.2 Å². The highest BCUT2D eigenvalue weighted by Gasteiger charge is 2.35. The number of hydrogen-bond acceptors (Lipinski definition) is 6. The lowest BCUT2D eigenvalue weighted by atomic mass is 9.83. The third kappa shape index (κ3) is 3.37. The molecule has 0 radical (unpaired) electrons. The van der Waals surface area contributed by atoms with Crippen LogP contribution in [0.2, 0.25) is 0 Å². The Morgan fingerprint density at radius 1 is 1.03 bits per heavy atom. The molecular formula is C24H20O6. The first-order valence-corrected chi connectivity index (χ1v) is 9.41. The van der Waals surface area contributed by atoms with Gasteiger partial charge in [-0.3, -0.25) is 9.59 Å². The second-order valence-electron chi connectivity index (χ2n) is 6.91. The van der Waals surface area contributed by atoms with Gasteiger partial charge in [-0.1, -0.05) is 36.4 Å². The van der Waals surface area contributed by atoms with Crippen molar-refractivity contribution in [2.45, 2.75) is 12.3 Å². The average Bonchev–Trinajstić information content (AvgIpc) is 2.78. The minimum atomic E-state index is -0.536. The van der Waals surface area contributed by atoms with E-state index in [9.17, 15) is 14.7 Å². The lowest BCUT2D eigenvalue weighted by Gasteiger charge is -2.27. The van der Waals surface area contributed by atoms with Crippen LogP contribution in [-0.4, -0.2) is 31.1 Å². The molecule has 0 aliphatic carbocycles. The van der Waals surface area contributed by atoms with Crippen LogP contribution in [-0.2, 0) is 4.79 Å². The molecule has 152 valence electrons. The zero-order valence-corrected chi connectivity index (χ0v) is 16.5. The van der Waals surface area contributed by atoms with Crippen molar-refractivity contribution in [3.05, 3.63) is 82.9 Å². The van der Waals surface area contributed by atoms with Crippen LogP contribution in [0.25, 0.3) is 0 Å². The summed E-state index contributed by atoms with van der Waals surface area (Å²) in [5.74, 6) is -0.121. The molecule has 0 unspecified atom stereocenters. The summed E-state index contributed by atoms with van der Waals surface area (Å²) < 4.78 is 16.1. The molecule has 0 aromatic heterocycles. The minimum absolute atomic E-state index is 0.00618. The number of ether oxygens (including phenoxy) is 3. The summed E-state index contributed by atoms with van der Waals surface area (Å²) in [4.78, 5) is 25.2. The summed E-state index contributed by atoms with van der Waals surface area (Å²) in [5, 5.41) is 11.1. The maximum Gasteiger partial charge on any atom is 0.312 e. The Kier molecular flexibility index (Phi) is 5.14. The van der Waals surface area contributed by atoms with E-state index < -0.39 is 11.9 Å². The number of phenolic OH excluding ortho intramolecular Hbond substituents is 1. The topological polar surface area (TPSA) is 82.1 Å². The standard InChI is InChI=1S/C24H20O6/c1-28-15-8-9-16(20(12-15)29-2)18-13-21(25)30-19-11-10-17(24(27)22(18)19)23(26)14-6-4-3-5-7-14/h3-12,18,27H,13H2,1-2H3/t18-/m1/s1. The van der Waals surface area contributed by atoms with Crippen LogP contribution in [0.15, 0.2) is 60.7 Å². The van der Waals surface area contributed by atoms with E-state index in [2.05, 4.69) is 0 Å². The fourth-order valence-corrected chi connectivity index (χ4v) is 3.75. The highest BCUT2D eigenvalue weighted by molar-refractivity contribution is 6.11. The second-order valence-corrected chi connectivity index (χ2v) is 6.91. The van der Waals surface area contributed by atoms with Gasteiger partial charge in [0, 0.05) is 28.7 Å². The van der Waals surface area contributed by atoms with Gasteiger partial charge in [0.1, 0.15) is 23.0 Å². The first kappa shape index (κ1) is 19.5. The third-order valence-corrected chi connectivity index (χ3v) is 5.22. The normalized spacial score (nSPS) is 15.1. The van der Waals surface area contributed by atoms with Crippen LogP contribution >= 0.6 is 0 Å². The van der Waals surface area contributed by atoms with E-state index in [1.54, 1.807) is 55.6 Å². The van der Waals surface area contributed by atoms with Gasteiger partial charge in [-0.25, -0.2) is 0 Å². The van der Waals surface area contributed by atoms with E-state index in [-0.39, 0.29) is 29.3 Å². The molecule has 1 N–H and O–H groups in total. The first-order valence-electron chi connectivity index (χ1n) is 9.41. The van der Waals surface area contributed by atoms with Crippen molar-refractivity contribution < 1.29 is 28.9 Å². The molecule has 0 saturated carbocycles. The number of aromatic hydroxyl groups is 1. The zero-order valence-electron chi connectivity index (χ0n) is 16.5. The molecule has 1 atom stereocenters. The van der Waals surface area contributed by atoms with Crippen LogP contribution in [0.5, 0.6) is 23.0 Å². The lowest BCUT2D eigenvalue weighted by Crippen LogP contribution is -2.22. The van der Waals surface area contributed by atoms with Crippen molar-refractivity contribution in [3.63, 3.8) is 0 Å². The first-order chi connectivity index (χ1) is 14.5. The van der Waals surface area contributed by atoms with Crippen LogP contribution in [0.1, 0.15) is 39.4 Å². The SMILES string of the molecule is COc1ccc([C@H]2CC(=O)Oc3ccc(C(=O)c4ccccc4)c(O)c32)c(OC)c1. The third-order valence-electron chi connectivity index (χ3n) is 5.22. The molecule has 3 aromatic rings. The number of ketones is 1. The number of hydrogen-bond donors (Lipinski definition) is 1. The average molecular weight is 404 g/mol. The van der Waals surface area contributed by atoms with E-state index in [4.69, 9.17) is 14.2 Å². The van der Waals surface area contributed by atoms with Gasteiger partial charge in [-0.05, 0) is 18.2 Å². The zero-order chi connectivity index (χ0) is 21.3. The number of carbonyl (C=O) groups is 2. The van der Waals surface area contributed by atoms with Gasteiger partial charge in [0.15, 0.2) is 5.78 Å². The summed E-state index contributed by atoms with van der Waals surface area (Å²) >= 11 is 0. The molecule has 6 nitrogen and oxygen atoms in total. The Morgan fingerprint density at radius 2 is 1.80 bits per heavy atom. The molecular weight excluding hydrogens is 384 g/mol. The monoisotopic (exact) mass is 404 g/mol. The Balaban J connectivity index is 1.86. The van der Waals surface area contributed by atoms with Crippen molar-refractivity contribution in [3.8, 4) is 23.0 Å². The molecule has 0 saturated heterocycles. The molecule has 3 aromatic carbocycles. The molecule has 0 bridgehead atoms. The molecule has 1 heterocycles. The summed E-state index contributed by atoms with van der Waals surface area (Å²) in [6, 6.07) is 17.0. The molecule has 1 aliphatic heterocycles. The van der Waals surface area contributed by atoms with Crippen molar-refractivity contribution in [1.82, 2.24) is 0 Å². The van der Waals surface area contributed by atoms with Crippen LogP contribution in [0.3, 0.4) is 0 Å². The molecule has 0 amide bonds. The van der Waals surface area contributed by atoms with E-state index in [1.165, 1.54) is 13.2 Å². The molecule has 4 rings (SSSR count). The fourth-order valence-electron chi connectivity index (χ4n) is 3.75. The number of rotatable bonds is 5. The minimum Gasteiger partial charge on any atom is -0.507 e. The van der Waals surface area contributed by atoms with Gasteiger partial charge in [-0.2, -0.15) is 0 Å². The highest BCUT2D eigenvalue weighted by Crippen LogP contribution is 2.48. The largest absolute Gasteiger partial charge is 0.507 e. The summed E-state index contributed by atoms with van der Waals surface area (Å²) in [6.45, 7) is 0. The van der Waals surface area contributed by atoms with Gasteiger partial charge >= 0.3 is 5.97 Å². The molecule has 0 fully saturated rings. The van der Waals surface area contributed by atoms with Crippen molar-refractivity contribution in [1.29, 1.82) is 0 Å². The van der Waals surface area contributed by atoms with Crippen molar-refractivity contribution >= 4 is 11.8 Å². The fraction of sp³-hybridized carbons (Fsp3) is 0.167. The number of phenols is 1. The van der Waals surface area contributed by atoms with Crippen LogP contribution in [0.4, 0.5) is 0 Å². The van der Waals surface area contributed by atoms with Crippen LogP contribution < -0.4 is 14.2 Å². The van der Waals surface area contributed by atoms with E-state index in [0.29, 0.717) is 28.2 Å². The van der Waals surface area contributed by atoms with Gasteiger partial charge in [0.25, 0.3) is 0 Å². The molecule has 1 aliphatic rings. The number of fused-ring (bicyclic) bond motifs is 1. The van der Waals surface area contributed by atoms with Crippen LogP contribution in [0, 0.1) is 0 Å². The Labute approximate surface area is 173 Å². The number of benzene rings is 3. The lowest BCUT2D eigenvalue weighted by molar-refractivity contribution is -0.135. The summed E-state index contributed by atoms with van der Waals surface area (Å²) in [5.41, 5.74) is 1.69. The summed E-state index contributed by atoms with van der Waals surface area (Å²) in [6.07, 6.45) is 0.00618. The quantitative estimate of drug-likeness (QED) is 0.392. The van der Waals surface area contributed by atoms with E-state index in [0.717, 1.165) is 0 Å². The van der Waals surface area contributed by atoms with Crippen molar-refractivity contribution in [2.24, 2.45) is 0 Å². The predicted octanol–water partition coefficient (Wildman–Crippen LogP) is 4.08.